The maximum atomic E-state index is 12.0. The molecule has 5 heteroatoms. The van der Waals surface area contributed by atoms with Crippen LogP contribution in [0.1, 0.15) is 72.1 Å². The first kappa shape index (κ1) is 20.2. The van der Waals surface area contributed by atoms with Crippen molar-refractivity contribution in [1.29, 1.82) is 0 Å². The fourth-order valence-corrected chi connectivity index (χ4v) is 8.86. The molecule has 168 valence electrons. The van der Waals surface area contributed by atoms with Gasteiger partial charge < -0.3 is 24.1 Å². The van der Waals surface area contributed by atoms with E-state index in [-0.39, 0.29) is 16.6 Å². The summed E-state index contributed by atoms with van der Waals surface area (Å²) in [7, 11) is 0. The number of hydrogen-bond donors (Lipinski definition) is 1. The summed E-state index contributed by atoms with van der Waals surface area (Å²) >= 11 is 0. The third-order valence-electron chi connectivity index (χ3n) is 10.7. The van der Waals surface area contributed by atoms with Gasteiger partial charge in [-0.3, -0.25) is 0 Å². The third kappa shape index (κ3) is 2.37. The molecule has 0 aromatic heterocycles. The minimum Gasteiger partial charge on any atom is -0.384 e. The molecule has 1 N–H and O–H groups in total. The first-order valence-electron chi connectivity index (χ1n) is 12.2. The molecule has 2 saturated heterocycles. The molecule has 2 aliphatic heterocycles. The van der Waals surface area contributed by atoms with Crippen LogP contribution in [0.5, 0.6) is 0 Å². The van der Waals surface area contributed by atoms with Crippen molar-refractivity contribution in [3.8, 4) is 0 Å². The molecule has 2 heterocycles. The van der Waals surface area contributed by atoms with Crippen LogP contribution in [0.15, 0.2) is 11.6 Å². The van der Waals surface area contributed by atoms with Crippen molar-refractivity contribution in [2.45, 2.75) is 89.3 Å². The topological polar surface area (TPSA) is 57.2 Å². The molecule has 4 aliphatic carbocycles. The zero-order valence-corrected chi connectivity index (χ0v) is 18.9. The lowest BCUT2D eigenvalue weighted by Crippen LogP contribution is -2.63. The molecular formula is C25H38O5. The first-order chi connectivity index (χ1) is 14.3. The van der Waals surface area contributed by atoms with Crippen LogP contribution in [0.4, 0.5) is 0 Å². The van der Waals surface area contributed by atoms with Crippen LogP contribution in [0, 0.1) is 28.6 Å². The van der Waals surface area contributed by atoms with Crippen LogP contribution in [-0.2, 0) is 18.9 Å². The zero-order chi connectivity index (χ0) is 20.8. The maximum Gasteiger partial charge on any atom is 0.195 e. The Morgan fingerprint density at radius 2 is 1.50 bits per heavy atom. The minimum atomic E-state index is -0.904. The van der Waals surface area contributed by atoms with Gasteiger partial charge in [0.05, 0.1) is 26.4 Å². The molecule has 30 heavy (non-hydrogen) atoms. The molecule has 0 amide bonds. The van der Waals surface area contributed by atoms with Crippen LogP contribution in [0.3, 0.4) is 0 Å². The van der Waals surface area contributed by atoms with E-state index in [1.165, 1.54) is 6.42 Å². The van der Waals surface area contributed by atoms with Gasteiger partial charge in [-0.05, 0) is 68.6 Å². The molecule has 6 atom stereocenters. The van der Waals surface area contributed by atoms with E-state index in [1.54, 1.807) is 5.57 Å². The fourth-order valence-electron chi connectivity index (χ4n) is 8.86. The second-order valence-electron chi connectivity index (χ2n) is 11.5. The molecule has 6 aliphatic rings. The molecule has 5 fully saturated rings. The largest absolute Gasteiger partial charge is 0.384 e. The van der Waals surface area contributed by atoms with E-state index in [2.05, 4.69) is 19.9 Å². The van der Waals surface area contributed by atoms with Crippen molar-refractivity contribution in [3.63, 3.8) is 0 Å². The predicted molar refractivity (Wildman–Crippen MR) is 112 cm³/mol. The van der Waals surface area contributed by atoms with Crippen molar-refractivity contribution < 1.29 is 24.1 Å². The number of rotatable bonds is 1. The average molecular weight is 419 g/mol. The van der Waals surface area contributed by atoms with E-state index in [1.807, 2.05) is 6.92 Å². The van der Waals surface area contributed by atoms with Crippen molar-refractivity contribution in [3.05, 3.63) is 11.6 Å². The molecule has 6 rings (SSSR count). The highest BCUT2D eigenvalue weighted by Crippen LogP contribution is 2.69. The summed E-state index contributed by atoms with van der Waals surface area (Å²) in [6, 6.07) is 0. The number of aliphatic hydroxyl groups is 1. The van der Waals surface area contributed by atoms with Gasteiger partial charge in [0.15, 0.2) is 11.6 Å². The van der Waals surface area contributed by atoms with Crippen LogP contribution in [0.2, 0.25) is 0 Å². The van der Waals surface area contributed by atoms with Crippen molar-refractivity contribution in [1.82, 2.24) is 0 Å². The van der Waals surface area contributed by atoms with Gasteiger partial charge in [0.1, 0.15) is 5.60 Å². The Kier molecular flexibility index (Phi) is 4.25. The lowest BCUT2D eigenvalue weighted by Gasteiger charge is -2.60. The fraction of sp³-hybridized carbons (Fsp3) is 0.920. The number of fused-ring (bicyclic) bond motifs is 5. The standard InChI is InChI=1S/C25H38O5/c1-21-10-11-24(29-14-15-30-24)16-17(21)4-5-18-19(21)6-8-22(2)20(18)7-9-25(22,26)23(3)27-12-13-28-23/h4,18-20,26H,5-16H2,1-3H3/t18-,19+,20+,21-,22+,25-/m0/s1. The van der Waals surface area contributed by atoms with Gasteiger partial charge in [0.2, 0.25) is 0 Å². The lowest BCUT2D eigenvalue weighted by atomic mass is 9.46. The monoisotopic (exact) mass is 418 g/mol. The van der Waals surface area contributed by atoms with Crippen LogP contribution in [-0.4, -0.2) is 48.7 Å². The normalized spacial score (nSPS) is 51.3. The highest BCUT2D eigenvalue weighted by Gasteiger charge is 2.70. The summed E-state index contributed by atoms with van der Waals surface area (Å²) in [5.41, 5.74) is 0.764. The van der Waals surface area contributed by atoms with Crippen LogP contribution in [0.25, 0.3) is 0 Å². The first-order valence-corrected chi connectivity index (χ1v) is 12.2. The summed E-state index contributed by atoms with van der Waals surface area (Å²) in [6.07, 6.45) is 10.8. The van der Waals surface area contributed by atoms with Crippen molar-refractivity contribution in [2.24, 2.45) is 28.6 Å². The Morgan fingerprint density at radius 1 is 0.833 bits per heavy atom. The van der Waals surface area contributed by atoms with E-state index < -0.39 is 11.4 Å². The average Bonchev–Trinajstić information content (AvgIpc) is 3.43. The maximum absolute atomic E-state index is 12.0. The summed E-state index contributed by atoms with van der Waals surface area (Å²) in [6.45, 7) is 9.45. The SMILES string of the molecule is CC1([C@]2(O)CC[C@@H]3[C@H]4CC=C5CC6(CC[C@]5(C)[C@@H]4CC[C@]32C)OCCO6)OCCO1. The van der Waals surface area contributed by atoms with Gasteiger partial charge in [-0.1, -0.05) is 25.5 Å². The smallest absolute Gasteiger partial charge is 0.195 e. The molecule has 1 spiro atoms. The van der Waals surface area contributed by atoms with E-state index >= 15 is 0 Å². The van der Waals surface area contributed by atoms with E-state index in [0.29, 0.717) is 31.0 Å². The minimum absolute atomic E-state index is 0.150. The van der Waals surface area contributed by atoms with Gasteiger partial charge in [0.25, 0.3) is 0 Å². The summed E-state index contributed by atoms with van der Waals surface area (Å²) < 4.78 is 24.2. The zero-order valence-electron chi connectivity index (χ0n) is 18.9. The van der Waals surface area contributed by atoms with E-state index in [4.69, 9.17) is 18.9 Å². The molecule has 0 radical (unpaired) electrons. The Hall–Kier alpha value is -0.460. The van der Waals surface area contributed by atoms with Gasteiger partial charge in [-0.25, -0.2) is 0 Å². The summed E-state index contributed by atoms with van der Waals surface area (Å²) in [5, 5.41) is 12.0. The molecule has 0 aromatic carbocycles. The molecule has 0 aromatic rings. The Morgan fingerprint density at radius 3 is 2.23 bits per heavy atom. The van der Waals surface area contributed by atoms with Crippen molar-refractivity contribution in [2.75, 3.05) is 26.4 Å². The molecular weight excluding hydrogens is 380 g/mol. The Bertz CT molecular complexity index is 751. The van der Waals surface area contributed by atoms with Gasteiger partial charge >= 0.3 is 0 Å². The van der Waals surface area contributed by atoms with Gasteiger partial charge in [-0.2, -0.15) is 0 Å². The number of allylic oxidation sites excluding steroid dienone is 1. The highest BCUT2D eigenvalue weighted by atomic mass is 16.8. The summed E-state index contributed by atoms with van der Waals surface area (Å²) in [5.74, 6) is 0.638. The van der Waals surface area contributed by atoms with E-state index in [0.717, 1.165) is 58.2 Å². The third-order valence-corrected chi connectivity index (χ3v) is 10.7. The molecule has 0 bridgehead atoms. The number of ether oxygens (including phenoxy) is 4. The lowest BCUT2D eigenvalue weighted by molar-refractivity contribution is -0.299. The molecule has 3 saturated carbocycles. The second kappa shape index (κ2) is 6.32. The highest BCUT2D eigenvalue weighted by molar-refractivity contribution is 5.28. The quantitative estimate of drug-likeness (QED) is 0.647. The molecule has 5 nitrogen and oxygen atoms in total. The van der Waals surface area contributed by atoms with Crippen molar-refractivity contribution >= 4 is 0 Å². The van der Waals surface area contributed by atoms with Crippen LogP contribution < -0.4 is 0 Å². The summed E-state index contributed by atoms with van der Waals surface area (Å²) in [4.78, 5) is 0. The van der Waals surface area contributed by atoms with Gasteiger partial charge in [0, 0.05) is 18.3 Å². The molecule has 0 unspecified atom stereocenters. The Labute approximate surface area is 180 Å². The predicted octanol–water partition coefficient (Wildman–Crippen LogP) is 4.19. The van der Waals surface area contributed by atoms with Crippen LogP contribution >= 0.6 is 0 Å². The Balaban J connectivity index is 1.31. The van der Waals surface area contributed by atoms with E-state index in [9.17, 15) is 5.11 Å². The van der Waals surface area contributed by atoms with Gasteiger partial charge in [-0.15, -0.1) is 0 Å². The number of hydrogen-bond acceptors (Lipinski definition) is 5. The second-order valence-corrected chi connectivity index (χ2v) is 11.5.